The van der Waals surface area contributed by atoms with Crippen molar-refractivity contribution >= 4 is 0 Å². The van der Waals surface area contributed by atoms with Crippen LogP contribution in [0.3, 0.4) is 0 Å². The van der Waals surface area contributed by atoms with Gasteiger partial charge in [0.1, 0.15) is 0 Å². The zero-order valence-electron chi connectivity index (χ0n) is 16.2. The Balaban J connectivity index is 1.66. The number of hydrogen-bond acceptors (Lipinski definition) is 1. The van der Waals surface area contributed by atoms with E-state index in [-0.39, 0.29) is 0 Å². The molecule has 0 heterocycles. The highest BCUT2D eigenvalue weighted by atomic mass is 16.3. The van der Waals surface area contributed by atoms with Gasteiger partial charge in [0, 0.05) is 0 Å². The van der Waals surface area contributed by atoms with Gasteiger partial charge in [-0.1, -0.05) is 37.6 Å². The summed E-state index contributed by atoms with van der Waals surface area (Å²) in [5, 5.41) is 10.6. The SMILES string of the molecule is C=C(C)[C@H]1CC[C@H]2C3CC=C4C[C@@](C)(O)CC[C@]4(C)[C@H]3CC[C@]12C. The Morgan fingerprint density at radius 3 is 2.54 bits per heavy atom. The maximum Gasteiger partial charge on any atom is 0.0657 e. The summed E-state index contributed by atoms with van der Waals surface area (Å²) in [5.74, 6) is 3.34. The van der Waals surface area contributed by atoms with Crippen LogP contribution in [-0.4, -0.2) is 10.7 Å². The molecule has 0 aromatic heterocycles. The Bertz CT molecular complexity index is 585. The highest BCUT2D eigenvalue weighted by molar-refractivity contribution is 5.27. The van der Waals surface area contributed by atoms with Crippen LogP contribution in [0.1, 0.15) is 79.1 Å². The van der Waals surface area contributed by atoms with Crippen molar-refractivity contribution in [2.24, 2.45) is 34.5 Å². The molecule has 3 saturated carbocycles. The Kier molecular flexibility index (Phi) is 3.67. The summed E-state index contributed by atoms with van der Waals surface area (Å²) < 4.78 is 0. The molecule has 1 heteroatoms. The number of fused-ring (bicyclic) bond motifs is 5. The monoisotopic (exact) mass is 328 g/mol. The highest BCUT2D eigenvalue weighted by Crippen LogP contribution is 2.67. The molecule has 4 rings (SSSR count). The van der Waals surface area contributed by atoms with Gasteiger partial charge in [0.05, 0.1) is 5.60 Å². The average molecular weight is 329 g/mol. The summed E-state index contributed by atoms with van der Waals surface area (Å²) in [6.45, 7) is 13.7. The molecule has 134 valence electrons. The number of rotatable bonds is 1. The number of hydrogen-bond donors (Lipinski definition) is 1. The van der Waals surface area contributed by atoms with Crippen molar-refractivity contribution in [3.8, 4) is 0 Å². The van der Waals surface area contributed by atoms with Crippen molar-refractivity contribution < 1.29 is 5.11 Å². The molecule has 0 aromatic rings. The van der Waals surface area contributed by atoms with E-state index in [1.807, 2.05) is 6.92 Å². The van der Waals surface area contributed by atoms with E-state index in [0.29, 0.717) is 10.8 Å². The fourth-order valence-electron chi connectivity index (χ4n) is 7.61. The smallest absolute Gasteiger partial charge is 0.0657 e. The van der Waals surface area contributed by atoms with E-state index in [4.69, 9.17) is 0 Å². The molecule has 24 heavy (non-hydrogen) atoms. The topological polar surface area (TPSA) is 20.2 Å². The van der Waals surface area contributed by atoms with Gasteiger partial charge < -0.3 is 5.11 Å². The molecule has 0 aliphatic heterocycles. The summed E-state index contributed by atoms with van der Waals surface area (Å²) in [7, 11) is 0. The van der Waals surface area contributed by atoms with Gasteiger partial charge in [0.2, 0.25) is 0 Å². The zero-order chi connectivity index (χ0) is 17.3. The first-order valence-electron chi connectivity index (χ1n) is 10.2. The molecule has 0 saturated heterocycles. The predicted octanol–water partition coefficient (Wildman–Crippen LogP) is 5.89. The van der Waals surface area contributed by atoms with Gasteiger partial charge in [-0.05, 0) is 99.7 Å². The lowest BCUT2D eigenvalue weighted by Crippen LogP contribution is -2.51. The Morgan fingerprint density at radius 2 is 1.83 bits per heavy atom. The van der Waals surface area contributed by atoms with Crippen LogP contribution in [0.25, 0.3) is 0 Å². The molecular weight excluding hydrogens is 292 g/mol. The average Bonchev–Trinajstić information content (AvgIpc) is 2.85. The molecule has 0 amide bonds. The molecule has 7 atom stereocenters. The maximum absolute atomic E-state index is 10.6. The Labute approximate surface area is 148 Å². The van der Waals surface area contributed by atoms with Gasteiger partial charge in [0.15, 0.2) is 0 Å². The fourth-order valence-corrected chi connectivity index (χ4v) is 7.61. The second-order valence-electron chi connectivity index (χ2n) is 10.5. The van der Waals surface area contributed by atoms with Gasteiger partial charge in [-0.2, -0.15) is 0 Å². The summed E-state index contributed by atoms with van der Waals surface area (Å²) in [5.41, 5.74) is 3.38. The third-order valence-corrected chi connectivity index (χ3v) is 8.97. The summed E-state index contributed by atoms with van der Waals surface area (Å²) in [6, 6.07) is 0. The minimum Gasteiger partial charge on any atom is -0.390 e. The zero-order valence-corrected chi connectivity index (χ0v) is 16.2. The minimum atomic E-state index is -0.472. The third kappa shape index (κ3) is 2.23. The second kappa shape index (κ2) is 5.22. The molecule has 1 nitrogen and oxygen atoms in total. The quantitative estimate of drug-likeness (QED) is 0.595. The van der Waals surface area contributed by atoms with Crippen LogP contribution in [0, 0.1) is 34.5 Å². The van der Waals surface area contributed by atoms with Gasteiger partial charge in [-0.3, -0.25) is 0 Å². The standard InChI is InChI=1S/C23H36O/c1-15(2)18-8-9-19-17-7-6-16-14-21(3,24)12-13-22(16,4)20(17)10-11-23(18,19)5/h6,17-20,24H,1,7-14H2,2-5H3/t17?,18-,19+,20+,21+,22+,23-/m1/s1. The molecule has 3 fully saturated rings. The largest absolute Gasteiger partial charge is 0.390 e. The van der Waals surface area contributed by atoms with Gasteiger partial charge >= 0.3 is 0 Å². The summed E-state index contributed by atoms with van der Waals surface area (Å²) in [6.07, 6.45) is 12.4. The lowest BCUT2D eigenvalue weighted by molar-refractivity contribution is -0.0623. The van der Waals surface area contributed by atoms with Crippen LogP contribution in [0.4, 0.5) is 0 Å². The fraction of sp³-hybridized carbons (Fsp3) is 0.826. The van der Waals surface area contributed by atoms with E-state index < -0.39 is 5.60 Å². The van der Waals surface area contributed by atoms with E-state index in [0.717, 1.165) is 36.5 Å². The van der Waals surface area contributed by atoms with Crippen molar-refractivity contribution in [1.82, 2.24) is 0 Å². The van der Waals surface area contributed by atoms with E-state index in [1.165, 1.54) is 44.1 Å². The molecule has 1 unspecified atom stereocenters. The van der Waals surface area contributed by atoms with Crippen LogP contribution in [0.5, 0.6) is 0 Å². The first-order valence-corrected chi connectivity index (χ1v) is 10.2. The lowest BCUT2D eigenvalue weighted by atomic mass is 9.46. The molecule has 0 bridgehead atoms. The minimum absolute atomic E-state index is 0.355. The van der Waals surface area contributed by atoms with Crippen molar-refractivity contribution in [3.63, 3.8) is 0 Å². The van der Waals surface area contributed by atoms with Gasteiger partial charge in [0.25, 0.3) is 0 Å². The van der Waals surface area contributed by atoms with E-state index in [2.05, 4.69) is 33.4 Å². The predicted molar refractivity (Wildman–Crippen MR) is 101 cm³/mol. The first kappa shape index (κ1) is 16.9. The van der Waals surface area contributed by atoms with Crippen molar-refractivity contribution in [2.45, 2.75) is 84.7 Å². The van der Waals surface area contributed by atoms with Gasteiger partial charge in [-0.25, -0.2) is 0 Å². The lowest BCUT2D eigenvalue weighted by Gasteiger charge is -2.59. The molecule has 0 aromatic carbocycles. The summed E-state index contributed by atoms with van der Waals surface area (Å²) in [4.78, 5) is 0. The normalized spacial score (nSPS) is 53.6. The molecule has 4 aliphatic carbocycles. The van der Waals surface area contributed by atoms with Crippen molar-refractivity contribution in [2.75, 3.05) is 0 Å². The van der Waals surface area contributed by atoms with Crippen molar-refractivity contribution in [1.29, 1.82) is 0 Å². The first-order chi connectivity index (χ1) is 11.2. The van der Waals surface area contributed by atoms with Crippen molar-refractivity contribution in [3.05, 3.63) is 23.8 Å². The number of aliphatic hydroxyl groups is 1. The highest BCUT2D eigenvalue weighted by Gasteiger charge is 2.59. The van der Waals surface area contributed by atoms with Crippen LogP contribution < -0.4 is 0 Å². The number of allylic oxidation sites excluding steroid dienone is 2. The molecule has 0 spiro atoms. The molecular formula is C23H36O. The van der Waals surface area contributed by atoms with Crippen LogP contribution in [0.15, 0.2) is 23.8 Å². The molecule has 0 radical (unpaired) electrons. The van der Waals surface area contributed by atoms with E-state index in [1.54, 1.807) is 5.57 Å². The summed E-state index contributed by atoms with van der Waals surface area (Å²) >= 11 is 0. The Morgan fingerprint density at radius 1 is 1.08 bits per heavy atom. The molecule has 4 aliphatic rings. The van der Waals surface area contributed by atoms with Gasteiger partial charge in [-0.15, -0.1) is 0 Å². The maximum atomic E-state index is 10.6. The van der Waals surface area contributed by atoms with Crippen LogP contribution in [-0.2, 0) is 0 Å². The van der Waals surface area contributed by atoms with E-state index >= 15 is 0 Å². The van der Waals surface area contributed by atoms with Crippen LogP contribution in [0.2, 0.25) is 0 Å². The Hall–Kier alpha value is -0.560. The van der Waals surface area contributed by atoms with E-state index in [9.17, 15) is 5.11 Å². The second-order valence-corrected chi connectivity index (χ2v) is 10.5. The molecule has 1 N–H and O–H groups in total. The third-order valence-electron chi connectivity index (χ3n) is 8.97. The van der Waals surface area contributed by atoms with Crippen LogP contribution >= 0.6 is 0 Å².